The van der Waals surface area contributed by atoms with E-state index in [4.69, 9.17) is 13.9 Å². The van der Waals surface area contributed by atoms with Crippen LogP contribution in [0.5, 0.6) is 0 Å². The van der Waals surface area contributed by atoms with Crippen molar-refractivity contribution in [2.75, 3.05) is 61.6 Å². The molecule has 1 unspecified atom stereocenters. The van der Waals surface area contributed by atoms with Crippen molar-refractivity contribution in [1.82, 2.24) is 15.0 Å². The Labute approximate surface area is 268 Å². The number of aromatic nitrogens is 3. The van der Waals surface area contributed by atoms with Gasteiger partial charge in [0.15, 0.2) is 11.4 Å². The Hall–Kier alpha value is -4.62. The molecule has 0 radical (unpaired) electrons. The summed E-state index contributed by atoms with van der Waals surface area (Å²) >= 11 is 0. The van der Waals surface area contributed by atoms with Gasteiger partial charge in [-0.15, -0.1) is 0 Å². The maximum Gasteiger partial charge on any atom is 0.451 e. The van der Waals surface area contributed by atoms with Gasteiger partial charge in [0.2, 0.25) is 5.82 Å². The number of furan rings is 1. The normalized spacial score (nSPS) is 19.1. The first-order chi connectivity index (χ1) is 22.7. The van der Waals surface area contributed by atoms with E-state index in [2.05, 4.69) is 38.2 Å². The van der Waals surface area contributed by atoms with Crippen LogP contribution in [0.4, 0.5) is 30.4 Å². The molecule has 3 aliphatic rings. The molecule has 0 amide bonds. The molecule has 5 aromatic rings. The van der Waals surface area contributed by atoms with E-state index >= 15 is 0 Å². The Balaban J connectivity index is 0.000000151. The van der Waals surface area contributed by atoms with Crippen molar-refractivity contribution in [3.63, 3.8) is 0 Å². The summed E-state index contributed by atoms with van der Waals surface area (Å²) in [6, 6.07) is 17.2. The summed E-state index contributed by atoms with van der Waals surface area (Å²) in [7, 11) is 1.90. The number of rotatable bonds is 4. The average molecular weight is 649 g/mol. The third-order valence-corrected chi connectivity index (χ3v) is 9.18. The number of alkyl halides is 3. The lowest BCUT2D eigenvalue weighted by molar-refractivity contribution is -0.228. The number of morpholine rings is 1. The fraction of sp³-hybridized carbons (Fsp3) is 0.382. The molecule has 3 aliphatic heterocycles. The molecule has 0 aliphatic carbocycles. The van der Waals surface area contributed by atoms with Gasteiger partial charge in [0.25, 0.3) is 5.56 Å². The van der Waals surface area contributed by atoms with Crippen molar-refractivity contribution < 1.29 is 27.1 Å². The number of H-pyrrole nitrogens is 1. The predicted octanol–water partition coefficient (Wildman–Crippen LogP) is 6.07. The number of fused-ring (bicyclic) bond motifs is 3. The topological polar surface area (TPSA) is 109 Å². The van der Waals surface area contributed by atoms with Crippen molar-refractivity contribution >= 4 is 39.3 Å². The number of nitrogens with zero attached hydrogens (tertiary/aromatic N) is 4. The second-order valence-corrected chi connectivity index (χ2v) is 12.0. The Morgan fingerprint density at radius 3 is 2.51 bits per heavy atom. The fourth-order valence-corrected chi connectivity index (χ4v) is 6.45. The van der Waals surface area contributed by atoms with Crippen molar-refractivity contribution in [3.05, 3.63) is 77.0 Å². The van der Waals surface area contributed by atoms with E-state index in [1.807, 2.05) is 36.2 Å². The van der Waals surface area contributed by atoms with Gasteiger partial charge < -0.3 is 34.0 Å². The molecule has 246 valence electrons. The van der Waals surface area contributed by atoms with Crippen LogP contribution < -0.4 is 20.7 Å². The third kappa shape index (κ3) is 5.78. The second-order valence-electron chi connectivity index (χ2n) is 12.0. The number of pyridine rings is 1. The minimum Gasteiger partial charge on any atom is -0.450 e. The summed E-state index contributed by atoms with van der Waals surface area (Å²) in [6.45, 7) is 5.95. The molecule has 3 fully saturated rings. The van der Waals surface area contributed by atoms with Gasteiger partial charge in [0.05, 0.1) is 25.9 Å². The zero-order valence-corrected chi connectivity index (χ0v) is 26.1. The largest absolute Gasteiger partial charge is 0.451 e. The fourth-order valence-electron chi connectivity index (χ4n) is 6.45. The molecule has 2 aromatic carbocycles. The Bertz CT molecular complexity index is 1970. The number of nitrogens with one attached hydrogen (secondary N) is 2. The van der Waals surface area contributed by atoms with Crippen molar-refractivity contribution in [3.8, 4) is 11.1 Å². The van der Waals surface area contributed by atoms with Gasteiger partial charge in [-0.3, -0.25) is 4.79 Å². The van der Waals surface area contributed by atoms with E-state index in [-0.39, 0.29) is 28.5 Å². The molecule has 2 N–H and O–H groups in total. The van der Waals surface area contributed by atoms with Crippen LogP contribution in [-0.2, 0) is 15.7 Å². The van der Waals surface area contributed by atoms with Crippen molar-refractivity contribution in [1.29, 1.82) is 0 Å². The molecule has 13 heteroatoms. The third-order valence-electron chi connectivity index (χ3n) is 9.18. The van der Waals surface area contributed by atoms with E-state index in [0.717, 1.165) is 29.7 Å². The lowest BCUT2D eigenvalue weighted by atomic mass is 9.90. The lowest BCUT2D eigenvalue weighted by Gasteiger charge is -2.53. The average Bonchev–Trinajstić information content (AvgIpc) is 3.73. The summed E-state index contributed by atoms with van der Waals surface area (Å²) in [5.74, 6) is -0.875. The first-order valence-corrected chi connectivity index (χ1v) is 15.7. The van der Waals surface area contributed by atoms with Gasteiger partial charge in [-0.25, -0.2) is 9.97 Å². The Kier molecular flexibility index (Phi) is 8.04. The predicted molar refractivity (Wildman–Crippen MR) is 174 cm³/mol. The minimum absolute atomic E-state index is 0.0716. The van der Waals surface area contributed by atoms with Crippen LogP contribution in [0.15, 0.2) is 70.0 Å². The zero-order valence-electron chi connectivity index (χ0n) is 26.1. The molecule has 47 heavy (non-hydrogen) atoms. The van der Waals surface area contributed by atoms with E-state index in [1.54, 1.807) is 30.5 Å². The summed E-state index contributed by atoms with van der Waals surface area (Å²) < 4.78 is 56.4. The maximum atomic E-state index is 13.1. The van der Waals surface area contributed by atoms with Crippen molar-refractivity contribution in [2.45, 2.75) is 37.6 Å². The highest BCUT2D eigenvalue weighted by molar-refractivity contribution is 6.05. The minimum atomic E-state index is -4.58. The number of para-hydroxylation sites is 1. The quantitative estimate of drug-likeness (QED) is 0.240. The summed E-state index contributed by atoms with van der Waals surface area (Å²) in [6.07, 6.45) is -0.935. The van der Waals surface area contributed by atoms with Crippen LogP contribution in [0.3, 0.4) is 0 Å². The van der Waals surface area contributed by atoms with Crippen molar-refractivity contribution in [2.24, 2.45) is 0 Å². The summed E-state index contributed by atoms with van der Waals surface area (Å²) in [4.78, 5) is 26.8. The zero-order chi connectivity index (χ0) is 32.8. The molecule has 0 saturated carbocycles. The molecule has 1 spiro atoms. The van der Waals surface area contributed by atoms with Gasteiger partial charge >= 0.3 is 6.18 Å². The van der Waals surface area contributed by atoms with Crippen LogP contribution in [0.1, 0.15) is 25.6 Å². The Morgan fingerprint density at radius 1 is 1.00 bits per heavy atom. The van der Waals surface area contributed by atoms with Gasteiger partial charge in [-0.1, -0.05) is 24.3 Å². The highest BCUT2D eigenvalue weighted by Crippen LogP contribution is 2.38. The van der Waals surface area contributed by atoms with E-state index < -0.39 is 12.0 Å². The van der Waals surface area contributed by atoms with Gasteiger partial charge in [-0.05, 0) is 55.7 Å². The first kappa shape index (κ1) is 31.0. The lowest BCUT2D eigenvalue weighted by Crippen LogP contribution is -2.68. The molecule has 6 heterocycles. The standard InChI is InChI=1S/C19H23N3O3.C15H12F3N3O/c1-13-19(11-24-12-19)25-7-6-22(13)17-9-15(10-21-18(17)23)14-4-3-5-16(8-14)20-2;16-15(17,18)14-19-11-9-5-1-2-6-10(9)22-12(11)13(20-14)21-7-3-4-8-21/h3-5,8-10,13,20H,6-7,11-12H2,1-2H3,(H,21,23);1-2,5-6H,3-4,7-8H2. The monoisotopic (exact) mass is 648 g/mol. The van der Waals surface area contributed by atoms with E-state index in [9.17, 15) is 18.0 Å². The summed E-state index contributed by atoms with van der Waals surface area (Å²) in [5.41, 5.74) is 4.49. The van der Waals surface area contributed by atoms with Crippen LogP contribution in [-0.4, -0.2) is 73.1 Å². The van der Waals surface area contributed by atoms with Gasteiger partial charge in [-0.2, -0.15) is 13.2 Å². The molecular formula is C34H35F3N6O4. The molecule has 0 bridgehead atoms. The Morgan fingerprint density at radius 2 is 1.79 bits per heavy atom. The summed E-state index contributed by atoms with van der Waals surface area (Å²) in [5, 5.41) is 3.72. The highest BCUT2D eigenvalue weighted by atomic mass is 19.4. The SMILES string of the molecule is CNc1cccc(-c2c[nH]c(=O)c(N3CCOC4(COC4)C3C)c2)c1.FC(F)(F)c1nc(N2CCCC2)c2oc3ccccc3c2n1. The molecule has 8 rings (SSSR count). The first-order valence-electron chi connectivity index (χ1n) is 15.7. The molecule has 1 atom stereocenters. The number of halogens is 3. The van der Waals surface area contributed by atoms with Gasteiger partial charge in [0.1, 0.15) is 22.4 Å². The number of ether oxygens (including phenoxy) is 2. The molecule has 3 aromatic heterocycles. The number of hydrogen-bond acceptors (Lipinski definition) is 9. The number of anilines is 3. The van der Waals surface area contributed by atoms with E-state index in [0.29, 0.717) is 61.7 Å². The molecule has 10 nitrogen and oxygen atoms in total. The van der Waals surface area contributed by atoms with E-state index in [1.165, 1.54) is 0 Å². The van der Waals surface area contributed by atoms with Crippen LogP contribution in [0.25, 0.3) is 33.2 Å². The van der Waals surface area contributed by atoms with Crippen LogP contribution >= 0.6 is 0 Å². The highest BCUT2D eigenvalue weighted by Gasteiger charge is 2.50. The second kappa shape index (κ2) is 12.2. The maximum absolute atomic E-state index is 13.1. The number of benzene rings is 2. The smallest absolute Gasteiger partial charge is 0.450 e. The number of aromatic amines is 1. The van der Waals surface area contributed by atoms with Crippen LogP contribution in [0.2, 0.25) is 0 Å². The molecule has 3 saturated heterocycles. The molecular weight excluding hydrogens is 613 g/mol. The van der Waals surface area contributed by atoms with Crippen LogP contribution in [0, 0.1) is 0 Å². The van der Waals surface area contributed by atoms with Gasteiger partial charge in [0, 0.05) is 49.5 Å². The number of hydrogen-bond donors (Lipinski definition) is 2.